The number of halogens is 1. The molecule has 0 amide bonds. The molecule has 0 atom stereocenters. The Morgan fingerprint density at radius 1 is 1.14 bits per heavy atom. The molecule has 0 spiro atoms. The number of para-hydroxylation sites is 1. The molecule has 3 rings (SSSR count). The van der Waals surface area contributed by atoms with Gasteiger partial charge in [0.2, 0.25) is 0 Å². The summed E-state index contributed by atoms with van der Waals surface area (Å²) in [5.74, 6) is 1.75. The molecule has 156 valence electrons. The number of aryl methyl sites for hydroxylation is 2. The van der Waals surface area contributed by atoms with E-state index in [9.17, 15) is 0 Å². The van der Waals surface area contributed by atoms with E-state index in [1.54, 1.807) is 11.3 Å². The standard InChI is InChI=1S/C21H28N6S.HI/c1-6-22-21(24-13-19-14(2)25-15(3)28-19)23-12-16-11-20(27(4)5)26-18-10-8-7-9-17(16)18;/h7-11H,6,12-13H2,1-5H3,(H2,22,23,24);1H. The fraction of sp³-hybridized carbons (Fsp3) is 0.381. The van der Waals surface area contributed by atoms with Gasteiger partial charge in [0.25, 0.3) is 0 Å². The van der Waals surface area contributed by atoms with E-state index in [4.69, 9.17) is 9.98 Å². The third-order valence-electron chi connectivity index (χ3n) is 4.41. The number of benzene rings is 1. The van der Waals surface area contributed by atoms with Gasteiger partial charge in [0.1, 0.15) is 5.82 Å². The van der Waals surface area contributed by atoms with Gasteiger partial charge in [-0.25, -0.2) is 15.0 Å². The van der Waals surface area contributed by atoms with Gasteiger partial charge in [-0.2, -0.15) is 0 Å². The van der Waals surface area contributed by atoms with Crippen molar-refractivity contribution in [2.45, 2.75) is 33.9 Å². The lowest BCUT2D eigenvalue weighted by Crippen LogP contribution is -2.36. The number of thiazole rings is 1. The number of fused-ring (bicyclic) bond motifs is 1. The summed E-state index contributed by atoms with van der Waals surface area (Å²) in [6, 6.07) is 10.3. The highest BCUT2D eigenvalue weighted by molar-refractivity contribution is 14.0. The minimum Gasteiger partial charge on any atom is -0.363 e. The Bertz CT molecular complexity index is 982. The molecular formula is C21H29IN6S. The molecule has 6 nitrogen and oxygen atoms in total. The van der Waals surface area contributed by atoms with Crippen molar-refractivity contribution in [3.8, 4) is 0 Å². The molecule has 2 heterocycles. The largest absolute Gasteiger partial charge is 0.363 e. The lowest BCUT2D eigenvalue weighted by atomic mass is 10.1. The zero-order chi connectivity index (χ0) is 20.1. The molecule has 0 saturated heterocycles. The molecule has 3 aromatic rings. The van der Waals surface area contributed by atoms with Crippen LogP contribution in [0.3, 0.4) is 0 Å². The van der Waals surface area contributed by atoms with Gasteiger partial charge in [-0.3, -0.25) is 0 Å². The zero-order valence-electron chi connectivity index (χ0n) is 17.6. The van der Waals surface area contributed by atoms with Crippen LogP contribution in [0.4, 0.5) is 5.82 Å². The smallest absolute Gasteiger partial charge is 0.191 e. The maximum Gasteiger partial charge on any atom is 0.191 e. The fourth-order valence-corrected chi connectivity index (χ4v) is 3.88. The van der Waals surface area contributed by atoms with Crippen molar-refractivity contribution in [1.82, 2.24) is 20.6 Å². The van der Waals surface area contributed by atoms with Crippen molar-refractivity contribution < 1.29 is 0 Å². The number of nitrogens with one attached hydrogen (secondary N) is 2. The minimum atomic E-state index is 0. The highest BCUT2D eigenvalue weighted by Gasteiger charge is 2.09. The van der Waals surface area contributed by atoms with Gasteiger partial charge in [0, 0.05) is 30.9 Å². The molecule has 0 aliphatic rings. The first-order chi connectivity index (χ1) is 13.5. The maximum atomic E-state index is 4.82. The number of aromatic nitrogens is 2. The SMILES string of the molecule is CCNC(=NCc1cc(N(C)C)nc2ccccc12)NCc1sc(C)nc1C.I. The van der Waals surface area contributed by atoms with Crippen LogP contribution in [0.5, 0.6) is 0 Å². The summed E-state index contributed by atoms with van der Waals surface area (Å²) < 4.78 is 0. The van der Waals surface area contributed by atoms with E-state index in [-0.39, 0.29) is 24.0 Å². The number of nitrogens with zero attached hydrogens (tertiary/aromatic N) is 4. The highest BCUT2D eigenvalue weighted by Crippen LogP contribution is 2.23. The van der Waals surface area contributed by atoms with E-state index in [2.05, 4.69) is 41.6 Å². The van der Waals surface area contributed by atoms with Crippen LogP contribution in [-0.2, 0) is 13.1 Å². The molecule has 0 bridgehead atoms. The Kier molecular flexibility index (Phi) is 8.63. The molecule has 2 aromatic heterocycles. The predicted molar refractivity (Wildman–Crippen MR) is 135 cm³/mol. The Labute approximate surface area is 193 Å². The minimum absolute atomic E-state index is 0. The summed E-state index contributed by atoms with van der Waals surface area (Å²) in [5.41, 5.74) is 3.24. The molecule has 0 saturated carbocycles. The van der Waals surface area contributed by atoms with Crippen LogP contribution < -0.4 is 15.5 Å². The number of hydrogen-bond donors (Lipinski definition) is 2. The Morgan fingerprint density at radius 3 is 2.55 bits per heavy atom. The van der Waals surface area contributed by atoms with Gasteiger partial charge in [0.15, 0.2) is 5.96 Å². The van der Waals surface area contributed by atoms with Crippen LogP contribution in [-0.4, -0.2) is 36.6 Å². The van der Waals surface area contributed by atoms with Crippen LogP contribution in [0.15, 0.2) is 35.3 Å². The van der Waals surface area contributed by atoms with Gasteiger partial charge < -0.3 is 15.5 Å². The van der Waals surface area contributed by atoms with Crippen molar-refractivity contribution >= 4 is 58.0 Å². The van der Waals surface area contributed by atoms with Crippen LogP contribution in [0, 0.1) is 13.8 Å². The number of aliphatic imine (C=N–C) groups is 1. The molecule has 2 N–H and O–H groups in total. The van der Waals surface area contributed by atoms with Crippen LogP contribution in [0.25, 0.3) is 10.9 Å². The van der Waals surface area contributed by atoms with Crippen LogP contribution in [0.2, 0.25) is 0 Å². The monoisotopic (exact) mass is 524 g/mol. The average Bonchev–Trinajstić information content (AvgIpc) is 3.00. The fourth-order valence-electron chi connectivity index (χ4n) is 3.00. The second-order valence-electron chi connectivity index (χ2n) is 6.84. The summed E-state index contributed by atoms with van der Waals surface area (Å²) in [4.78, 5) is 17.3. The third-order valence-corrected chi connectivity index (χ3v) is 5.49. The summed E-state index contributed by atoms with van der Waals surface area (Å²) in [6.07, 6.45) is 0. The molecule has 0 fully saturated rings. The van der Waals surface area contributed by atoms with E-state index >= 15 is 0 Å². The summed E-state index contributed by atoms with van der Waals surface area (Å²) in [7, 11) is 4.02. The molecule has 0 unspecified atom stereocenters. The van der Waals surface area contributed by atoms with Gasteiger partial charge in [0.05, 0.1) is 29.3 Å². The second kappa shape index (κ2) is 10.7. The Hall–Kier alpha value is -1.94. The molecule has 1 aromatic carbocycles. The van der Waals surface area contributed by atoms with Gasteiger partial charge >= 0.3 is 0 Å². The lowest BCUT2D eigenvalue weighted by Gasteiger charge is -2.15. The third kappa shape index (κ3) is 6.02. The van der Waals surface area contributed by atoms with E-state index < -0.39 is 0 Å². The molecule has 0 aliphatic carbocycles. The van der Waals surface area contributed by atoms with E-state index in [0.29, 0.717) is 6.54 Å². The predicted octanol–water partition coefficient (Wildman–Crippen LogP) is 4.25. The normalized spacial score (nSPS) is 11.3. The number of guanidine groups is 1. The van der Waals surface area contributed by atoms with Gasteiger partial charge in [-0.05, 0) is 38.5 Å². The van der Waals surface area contributed by atoms with Crippen molar-refractivity contribution in [2.24, 2.45) is 4.99 Å². The first-order valence-electron chi connectivity index (χ1n) is 9.49. The number of rotatable bonds is 6. The maximum absolute atomic E-state index is 4.82. The van der Waals surface area contributed by atoms with Gasteiger partial charge in [-0.1, -0.05) is 18.2 Å². The summed E-state index contributed by atoms with van der Waals surface area (Å²) in [6.45, 7) is 8.29. The van der Waals surface area contributed by atoms with Crippen molar-refractivity contribution in [3.05, 3.63) is 51.5 Å². The van der Waals surface area contributed by atoms with Crippen molar-refractivity contribution in [1.29, 1.82) is 0 Å². The lowest BCUT2D eigenvalue weighted by molar-refractivity contribution is 0.819. The average molecular weight is 524 g/mol. The first kappa shape index (κ1) is 23.3. The van der Waals surface area contributed by atoms with E-state index in [0.717, 1.165) is 52.0 Å². The number of hydrogen-bond acceptors (Lipinski definition) is 5. The molecule has 8 heteroatoms. The van der Waals surface area contributed by atoms with Crippen molar-refractivity contribution in [3.63, 3.8) is 0 Å². The van der Waals surface area contributed by atoms with Crippen molar-refractivity contribution in [2.75, 3.05) is 25.5 Å². The Morgan fingerprint density at radius 2 is 1.90 bits per heavy atom. The number of pyridine rings is 1. The topological polar surface area (TPSA) is 65.4 Å². The van der Waals surface area contributed by atoms with Gasteiger partial charge in [-0.15, -0.1) is 35.3 Å². The molecule has 0 aliphatic heterocycles. The summed E-state index contributed by atoms with van der Waals surface area (Å²) in [5, 5.41) is 9.00. The van der Waals surface area contributed by atoms with E-state index in [1.165, 1.54) is 4.88 Å². The number of anilines is 1. The highest BCUT2D eigenvalue weighted by atomic mass is 127. The first-order valence-corrected chi connectivity index (χ1v) is 10.3. The second-order valence-corrected chi connectivity index (χ2v) is 8.13. The van der Waals surface area contributed by atoms with E-state index in [1.807, 2.05) is 44.1 Å². The summed E-state index contributed by atoms with van der Waals surface area (Å²) >= 11 is 1.73. The van der Waals surface area contributed by atoms with Crippen LogP contribution >= 0.6 is 35.3 Å². The molecular weight excluding hydrogens is 495 g/mol. The molecule has 29 heavy (non-hydrogen) atoms. The van der Waals surface area contributed by atoms with Crippen LogP contribution in [0.1, 0.15) is 28.1 Å². The Balaban J connectivity index is 0.00000300. The zero-order valence-corrected chi connectivity index (χ0v) is 20.8. The molecule has 0 radical (unpaired) electrons. The quantitative estimate of drug-likeness (QED) is 0.287.